The van der Waals surface area contributed by atoms with Gasteiger partial charge in [-0.2, -0.15) is 10.1 Å². The molecular formula is C16H13Cl3N8O2. The summed E-state index contributed by atoms with van der Waals surface area (Å²) in [5, 5.41) is 14.2. The first kappa shape index (κ1) is 19.6. The van der Waals surface area contributed by atoms with E-state index in [2.05, 4.69) is 30.8 Å². The monoisotopic (exact) mass is 454 g/mol. The molecule has 0 aliphatic rings. The predicted molar refractivity (Wildman–Crippen MR) is 109 cm³/mol. The molecule has 0 aromatic carbocycles. The van der Waals surface area contributed by atoms with Gasteiger partial charge in [0.25, 0.3) is 0 Å². The number of nitrogens with zero attached hydrogens (tertiary/aromatic N) is 6. The van der Waals surface area contributed by atoms with Crippen LogP contribution in [0.5, 0.6) is 0 Å². The van der Waals surface area contributed by atoms with Gasteiger partial charge in [0, 0.05) is 13.2 Å². The second-order valence-electron chi connectivity index (χ2n) is 5.98. The average Bonchev–Trinajstić information content (AvgIpc) is 3.22. The van der Waals surface area contributed by atoms with E-state index in [1.54, 1.807) is 13.2 Å². The zero-order chi connectivity index (χ0) is 20.7. The maximum absolute atomic E-state index is 12.6. The van der Waals surface area contributed by atoms with E-state index >= 15 is 0 Å². The van der Waals surface area contributed by atoms with Crippen LogP contribution in [0.25, 0.3) is 11.3 Å². The highest BCUT2D eigenvalue weighted by Crippen LogP contribution is 2.27. The van der Waals surface area contributed by atoms with Gasteiger partial charge in [-0.05, 0) is 24.6 Å². The molecule has 13 heteroatoms. The van der Waals surface area contributed by atoms with Crippen molar-refractivity contribution in [3.63, 3.8) is 0 Å². The van der Waals surface area contributed by atoms with E-state index in [1.165, 1.54) is 27.5 Å². The zero-order valence-corrected chi connectivity index (χ0v) is 17.3. The quantitative estimate of drug-likeness (QED) is 0.479. The highest BCUT2D eigenvalue weighted by atomic mass is 35.5. The van der Waals surface area contributed by atoms with Crippen LogP contribution in [0.15, 0.2) is 24.5 Å². The van der Waals surface area contributed by atoms with Crippen LogP contribution in [0, 0.1) is 0 Å². The van der Waals surface area contributed by atoms with Crippen LogP contribution in [-0.2, 0) is 4.74 Å². The molecule has 10 nitrogen and oxygen atoms in total. The molecule has 2 amide bonds. The van der Waals surface area contributed by atoms with Crippen LogP contribution in [0.2, 0.25) is 15.5 Å². The Kier molecular flexibility index (Phi) is 5.17. The molecule has 1 atom stereocenters. The second kappa shape index (κ2) is 7.64. The second-order valence-corrected chi connectivity index (χ2v) is 7.11. The number of carbonyl (C=O) groups is 1. The number of fused-ring (bicyclic) bond motifs is 2. The van der Waals surface area contributed by atoms with Gasteiger partial charge >= 0.3 is 6.03 Å². The predicted octanol–water partition coefficient (Wildman–Crippen LogP) is 4.08. The topological polar surface area (TPSA) is 111 Å². The van der Waals surface area contributed by atoms with E-state index < -0.39 is 12.1 Å². The van der Waals surface area contributed by atoms with Gasteiger partial charge in [0.2, 0.25) is 5.28 Å². The van der Waals surface area contributed by atoms with Crippen LogP contribution < -0.4 is 10.6 Å². The SMILES string of the molecule is CO[C@@H](C)c1c(NC(=O)Nc2cc(Cl)c3nc(Cl)nn3c2)cnc2cc(Cl)nn12. The smallest absolute Gasteiger partial charge is 0.323 e. The van der Waals surface area contributed by atoms with Crippen molar-refractivity contribution >= 4 is 63.5 Å². The summed E-state index contributed by atoms with van der Waals surface area (Å²) >= 11 is 17.9. The molecule has 0 saturated heterocycles. The molecule has 0 unspecified atom stereocenters. The maximum Gasteiger partial charge on any atom is 0.323 e. The molecule has 0 aliphatic carbocycles. The molecule has 150 valence electrons. The minimum absolute atomic E-state index is 0.0453. The number of aromatic nitrogens is 6. The van der Waals surface area contributed by atoms with E-state index in [1.807, 2.05) is 6.92 Å². The van der Waals surface area contributed by atoms with Crippen LogP contribution in [0.1, 0.15) is 18.7 Å². The van der Waals surface area contributed by atoms with E-state index in [-0.39, 0.29) is 15.5 Å². The number of amides is 2. The number of rotatable bonds is 4. The van der Waals surface area contributed by atoms with E-state index in [4.69, 9.17) is 39.5 Å². The highest BCUT2D eigenvalue weighted by molar-refractivity contribution is 6.34. The average molecular weight is 456 g/mol. The van der Waals surface area contributed by atoms with Crippen molar-refractivity contribution in [2.24, 2.45) is 0 Å². The van der Waals surface area contributed by atoms with Crippen LogP contribution in [0.4, 0.5) is 16.2 Å². The van der Waals surface area contributed by atoms with Crippen molar-refractivity contribution in [1.29, 1.82) is 0 Å². The fourth-order valence-corrected chi connectivity index (χ4v) is 3.38. The first-order valence-corrected chi connectivity index (χ1v) is 9.35. The van der Waals surface area contributed by atoms with E-state index in [0.717, 1.165) is 0 Å². The number of methoxy groups -OCH3 is 1. The Morgan fingerprint density at radius 3 is 2.76 bits per heavy atom. The standard InChI is InChI=1S/C16H13Cl3N8O2/c1-7(29-2)13-10(5-20-12-4-11(18)24-27(12)13)22-16(28)21-8-3-9(17)14-23-15(19)25-26(14)6-8/h3-7H,1-2H3,(H2,21,22,28)/t7-/m0/s1. The Hall–Kier alpha value is -2.66. The number of ether oxygens (including phenoxy) is 1. The van der Waals surface area contributed by atoms with Crippen molar-refractivity contribution < 1.29 is 9.53 Å². The first-order chi connectivity index (χ1) is 13.9. The molecule has 29 heavy (non-hydrogen) atoms. The number of hydrogen-bond acceptors (Lipinski definition) is 6. The molecule has 0 saturated carbocycles. The molecule has 4 aromatic heterocycles. The minimum Gasteiger partial charge on any atom is -0.375 e. The van der Waals surface area contributed by atoms with Crippen LogP contribution in [-0.4, -0.2) is 42.3 Å². The summed E-state index contributed by atoms with van der Waals surface area (Å²) in [4.78, 5) is 20.8. The Morgan fingerprint density at radius 1 is 1.21 bits per heavy atom. The van der Waals surface area contributed by atoms with Crippen molar-refractivity contribution in [3.8, 4) is 0 Å². The van der Waals surface area contributed by atoms with Gasteiger partial charge < -0.3 is 15.4 Å². The summed E-state index contributed by atoms with van der Waals surface area (Å²) in [6.45, 7) is 1.82. The molecule has 2 N–H and O–H groups in total. The van der Waals surface area contributed by atoms with Gasteiger partial charge in [0.15, 0.2) is 16.4 Å². The summed E-state index contributed by atoms with van der Waals surface area (Å²) in [6, 6.07) is 2.61. The van der Waals surface area contributed by atoms with Gasteiger partial charge in [0.05, 0.1) is 40.6 Å². The molecule has 0 spiro atoms. The fraction of sp³-hybridized carbons (Fsp3) is 0.188. The molecule has 0 radical (unpaired) electrons. The van der Waals surface area contributed by atoms with Crippen molar-refractivity contribution in [2.45, 2.75) is 13.0 Å². The summed E-state index contributed by atoms with van der Waals surface area (Å²) in [6.07, 6.45) is 2.65. The zero-order valence-electron chi connectivity index (χ0n) is 15.0. The number of pyridine rings is 1. The summed E-state index contributed by atoms with van der Waals surface area (Å²) < 4.78 is 8.30. The molecule has 4 aromatic rings. The largest absolute Gasteiger partial charge is 0.375 e. The Bertz CT molecular complexity index is 1240. The third-order valence-electron chi connectivity index (χ3n) is 4.10. The lowest BCUT2D eigenvalue weighted by Crippen LogP contribution is -2.22. The molecule has 4 rings (SSSR count). The third-order valence-corrected chi connectivity index (χ3v) is 4.72. The summed E-state index contributed by atoms with van der Waals surface area (Å²) in [5.41, 5.74) is 2.28. The lowest BCUT2D eigenvalue weighted by Gasteiger charge is -2.17. The summed E-state index contributed by atoms with van der Waals surface area (Å²) in [7, 11) is 1.55. The van der Waals surface area contributed by atoms with Crippen LogP contribution >= 0.6 is 34.8 Å². The van der Waals surface area contributed by atoms with Crippen molar-refractivity contribution in [2.75, 3.05) is 17.7 Å². The molecule has 0 bridgehead atoms. The number of halogens is 3. The number of nitrogens with one attached hydrogen (secondary N) is 2. The first-order valence-electron chi connectivity index (χ1n) is 8.22. The summed E-state index contributed by atoms with van der Waals surface area (Å²) in [5.74, 6) is 0. The van der Waals surface area contributed by atoms with Crippen molar-refractivity contribution in [3.05, 3.63) is 45.7 Å². The highest BCUT2D eigenvalue weighted by Gasteiger charge is 2.19. The van der Waals surface area contributed by atoms with Crippen molar-refractivity contribution in [1.82, 2.24) is 29.2 Å². The maximum atomic E-state index is 12.6. The van der Waals surface area contributed by atoms with Gasteiger partial charge in [-0.3, -0.25) is 0 Å². The fourth-order valence-electron chi connectivity index (χ4n) is 2.80. The number of carbonyl (C=O) groups excluding carboxylic acids is 1. The molecule has 0 fully saturated rings. The third kappa shape index (κ3) is 3.79. The van der Waals surface area contributed by atoms with E-state index in [0.29, 0.717) is 28.4 Å². The molecule has 4 heterocycles. The van der Waals surface area contributed by atoms with Gasteiger partial charge in [0.1, 0.15) is 0 Å². The molecular weight excluding hydrogens is 443 g/mol. The van der Waals surface area contributed by atoms with Crippen LogP contribution in [0.3, 0.4) is 0 Å². The van der Waals surface area contributed by atoms with Gasteiger partial charge in [-0.25, -0.2) is 18.8 Å². The number of urea groups is 1. The number of hydrogen-bond donors (Lipinski definition) is 2. The van der Waals surface area contributed by atoms with Gasteiger partial charge in [-0.1, -0.05) is 23.2 Å². The Labute approximate surface area is 178 Å². The lowest BCUT2D eigenvalue weighted by atomic mass is 10.2. The lowest BCUT2D eigenvalue weighted by molar-refractivity contribution is 0.114. The number of anilines is 2. The van der Waals surface area contributed by atoms with E-state index in [9.17, 15) is 4.79 Å². The van der Waals surface area contributed by atoms with Gasteiger partial charge in [-0.15, -0.1) is 5.10 Å². The Morgan fingerprint density at radius 2 is 2.00 bits per heavy atom. The normalized spacial score (nSPS) is 12.4. The minimum atomic E-state index is -0.532. The molecule has 0 aliphatic heterocycles. The Balaban J connectivity index is 1.64.